The van der Waals surface area contributed by atoms with Crippen molar-refractivity contribution in [3.63, 3.8) is 0 Å². The molecule has 0 aliphatic carbocycles. The Balaban J connectivity index is -0.000000121. The van der Waals surface area contributed by atoms with Crippen molar-refractivity contribution in [3.8, 4) is 0 Å². The number of nitrogens with one attached hydrogen (secondary N) is 1. The number of imide groups is 1. The Morgan fingerprint density at radius 2 is 1.47 bits per heavy atom. The van der Waals surface area contributed by atoms with Gasteiger partial charge in [0, 0.05) is 6.42 Å². The number of allylic oxidation sites excluding steroid dienone is 1. The summed E-state index contributed by atoms with van der Waals surface area (Å²) in [4.78, 5) is 21.6. The molecule has 0 aromatic heterocycles. The molecule has 1 N–H and O–H groups in total. The molecule has 19 heavy (non-hydrogen) atoms. The summed E-state index contributed by atoms with van der Waals surface area (Å²) in [5, 5.41) is 2.25. The van der Waals surface area contributed by atoms with Crippen molar-refractivity contribution in [1.82, 2.24) is 5.32 Å². The van der Waals surface area contributed by atoms with Crippen molar-refractivity contribution in [2.75, 3.05) is 0 Å². The van der Waals surface area contributed by atoms with E-state index < -0.39 is 0 Å². The monoisotopic (exact) mass is 265 g/mol. The average Bonchev–Trinajstić information content (AvgIpc) is 2.83. The van der Waals surface area contributed by atoms with Crippen LogP contribution in [0.5, 0.6) is 0 Å². The molecule has 0 aromatic rings. The van der Waals surface area contributed by atoms with E-state index in [-0.39, 0.29) is 17.7 Å². The lowest BCUT2D eigenvalue weighted by molar-refractivity contribution is -0.125. The van der Waals surface area contributed by atoms with Gasteiger partial charge < -0.3 is 0 Å². The maximum absolute atomic E-state index is 10.9. The molecule has 3 heteroatoms. The lowest BCUT2D eigenvalue weighted by Crippen LogP contribution is -2.21. The summed E-state index contributed by atoms with van der Waals surface area (Å²) in [7, 11) is 0. The third-order valence-electron chi connectivity index (χ3n) is 1.61. The van der Waals surface area contributed by atoms with Crippen LogP contribution in [0.4, 0.5) is 0 Å². The second-order valence-corrected chi connectivity index (χ2v) is 2.56. The van der Waals surface area contributed by atoms with Crippen LogP contribution in [-0.2, 0) is 9.59 Å². The van der Waals surface area contributed by atoms with Crippen LogP contribution in [0.3, 0.4) is 0 Å². The molecule has 108 valence electrons. The SMILES string of the molecule is C=C.C=C.C=C.C=C.CCC=CC1CC(=O)NC1=O. The molecule has 1 rings (SSSR count). The summed E-state index contributed by atoms with van der Waals surface area (Å²) in [6, 6.07) is 0. The van der Waals surface area contributed by atoms with Crippen molar-refractivity contribution in [2.45, 2.75) is 19.8 Å². The molecular weight excluding hydrogens is 238 g/mol. The Labute approximate surface area is 118 Å². The summed E-state index contributed by atoms with van der Waals surface area (Å²) in [5.41, 5.74) is 0. The van der Waals surface area contributed by atoms with Gasteiger partial charge in [-0.3, -0.25) is 14.9 Å². The highest BCUT2D eigenvalue weighted by Crippen LogP contribution is 2.11. The zero-order chi connectivity index (χ0) is 16.3. The number of rotatable bonds is 2. The lowest BCUT2D eigenvalue weighted by atomic mass is 10.1. The van der Waals surface area contributed by atoms with Crippen molar-refractivity contribution < 1.29 is 9.59 Å². The second-order valence-electron chi connectivity index (χ2n) is 2.56. The fourth-order valence-electron chi connectivity index (χ4n) is 1.03. The summed E-state index contributed by atoms with van der Waals surface area (Å²) < 4.78 is 0. The number of carbonyl (C=O) groups is 2. The Morgan fingerprint density at radius 1 is 1.05 bits per heavy atom. The first-order chi connectivity index (χ1) is 9.24. The van der Waals surface area contributed by atoms with Gasteiger partial charge in [0.15, 0.2) is 0 Å². The molecule has 0 spiro atoms. The van der Waals surface area contributed by atoms with Crippen LogP contribution in [0.2, 0.25) is 0 Å². The van der Waals surface area contributed by atoms with Crippen LogP contribution in [0.1, 0.15) is 19.8 Å². The van der Waals surface area contributed by atoms with Gasteiger partial charge in [-0.1, -0.05) is 19.1 Å². The first kappa shape index (κ1) is 25.6. The first-order valence-corrected chi connectivity index (χ1v) is 5.74. The summed E-state index contributed by atoms with van der Waals surface area (Å²) >= 11 is 0. The lowest BCUT2D eigenvalue weighted by Gasteiger charge is -1.94. The molecule has 1 atom stereocenters. The number of hydrogen-bond donors (Lipinski definition) is 1. The number of carbonyl (C=O) groups excluding carboxylic acids is 2. The molecule has 1 heterocycles. The van der Waals surface area contributed by atoms with E-state index in [9.17, 15) is 9.59 Å². The average molecular weight is 265 g/mol. The van der Waals surface area contributed by atoms with Gasteiger partial charge in [0.2, 0.25) is 11.8 Å². The highest BCUT2D eigenvalue weighted by atomic mass is 16.2. The van der Waals surface area contributed by atoms with E-state index in [0.717, 1.165) is 6.42 Å². The Kier molecular flexibility index (Phi) is 33.6. The largest absolute Gasteiger partial charge is 0.296 e. The van der Waals surface area contributed by atoms with Gasteiger partial charge in [0.05, 0.1) is 5.92 Å². The predicted molar refractivity (Wildman–Crippen MR) is 85.7 cm³/mol. The molecule has 0 radical (unpaired) electrons. The van der Waals surface area contributed by atoms with Crippen LogP contribution < -0.4 is 5.32 Å². The van der Waals surface area contributed by atoms with Crippen molar-refractivity contribution in [2.24, 2.45) is 5.92 Å². The van der Waals surface area contributed by atoms with Gasteiger partial charge >= 0.3 is 0 Å². The highest BCUT2D eigenvalue weighted by Gasteiger charge is 2.27. The molecule has 1 aliphatic rings. The van der Waals surface area contributed by atoms with Crippen molar-refractivity contribution in [3.05, 3.63) is 64.8 Å². The van der Waals surface area contributed by atoms with Crippen LogP contribution in [0.15, 0.2) is 64.8 Å². The van der Waals surface area contributed by atoms with E-state index in [2.05, 4.69) is 57.9 Å². The molecule has 0 aromatic carbocycles. The maximum Gasteiger partial charge on any atom is 0.233 e. The van der Waals surface area contributed by atoms with Gasteiger partial charge in [-0.2, -0.15) is 0 Å². The smallest absolute Gasteiger partial charge is 0.233 e. The minimum absolute atomic E-state index is 0.166. The van der Waals surface area contributed by atoms with Crippen LogP contribution in [0, 0.1) is 5.92 Å². The predicted octanol–water partition coefficient (Wildman–Crippen LogP) is 3.82. The molecule has 1 unspecified atom stereocenters. The fourth-order valence-corrected chi connectivity index (χ4v) is 1.03. The van der Waals surface area contributed by atoms with Gasteiger partial charge in [0.1, 0.15) is 0 Å². The highest BCUT2D eigenvalue weighted by molar-refractivity contribution is 6.04. The Hall–Kier alpha value is -2.16. The quantitative estimate of drug-likeness (QED) is 0.609. The van der Waals surface area contributed by atoms with Gasteiger partial charge in [-0.05, 0) is 6.42 Å². The molecule has 1 fully saturated rings. The van der Waals surface area contributed by atoms with Gasteiger partial charge in [-0.25, -0.2) is 0 Å². The molecule has 0 saturated carbocycles. The third kappa shape index (κ3) is 15.8. The van der Waals surface area contributed by atoms with E-state index in [1.54, 1.807) is 6.08 Å². The van der Waals surface area contributed by atoms with E-state index in [1.807, 2.05) is 13.0 Å². The normalized spacial score (nSPS) is 15.1. The number of hydrogen-bond acceptors (Lipinski definition) is 2. The minimum atomic E-state index is -0.220. The summed E-state index contributed by atoms with van der Waals surface area (Å²) in [5.74, 6) is -0.553. The second kappa shape index (κ2) is 24.9. The standard InChI is InChI=1S/C8H11NO2.4C2H4/c1-2-3-4-6-5-7(10)9-8(6)11;4*1-2/h3-4,6H,2,5H2,1H3,(H,9,10,11);4*1-2H2. The summed E-state index contributed by atoms with van der Waals surface area (Å²) in [6.07, 6.45) is 4.91. The molecule has 3 nitrogen and oxygen atoms in total. The minimum Gasteiger partial charge on any atom is -0.296 e. The zero-order valence-corrected chi connectivity index (χ0v) is 12.1. The van der Waals surface area contributed by atoms with Crippen LogP contribution >= 0.6 is 0 Å². The molecular formula is C16H27NO2. The van der Waals surface area contributed by atoms with Crippen molar-refractivity contribution >= 4 is 11.8 Å². The fraction of sp³-hybridized carbons (Fsp3) is 0.250. The molecule has 2 amide bonds. The van der Waals surface area contributed by atoms with E-state index in [0.29, 0.717) is 6.42 Å². The third-order valence-corrected chi connectivity index (χ3v) is 1.61. The topological polar surface area (TPSA) is 46.2 Å². The Morgan fingerprint density at radius 3 is 1.74 bits per heavy atom. The van der Waals surface area contributed by atoms with E-state index in [4.69, 9.17) is 0 Å². The summed E-state index contributed by atoms with van der Waals surface area (Å²) in [6.45, 7) is 26.0. The maximum atomic E-state index is 10.9. The van der Waals surface area contributed by atoms with Gasteiger partial charge in [0.25, 0.3) is 0 Å². The van der Waals surface area contributed by atoms with Gasteiger partial charge in [-0.15, -0.1) is 52.6 Å². The van der Waals surface area contributed by atoms with Crippen molar-refractivity contribution in [1.29, 1.82) is 0 Å². The first-order valence-electron chi connectivity index (χ1n) is 5.74. The van der Waals surface area contributed by atoms with E-state index >= 15 is 0 Å². The molecule has 1 saturated heterocycles. The Bertz CT molecular complexity index is 251. The van der Waals surface area contributed by atoms with Crippen LogP contribution in [-0.4, -0.2) is 11.8 Å². The van der Waals surface area contributed by atoms with E-state index in [1.165, 1.54) is 0 Å². The molecule has 1 aliphatic heterocycles. The zero-order valence-electron chi connectivity index (χ0n) is 12.1. The number of amides is 2. The van der Waals surface area contributed by atoms with Crippen LogP contribution in [0.25, 0.3) is 0 Å². The molecule has 0 bridgehead atoms.